The lowest BCUT2D eigenvalue weighted by atomic mass is 10.1. The molecule has 4 rings (SSSR count). The summed E-state index contributed by atoms with van der Waals surface area (Å²) in [6.07, 6.45) is 2.06. The average Bonchev–Trinajstić information content (AvgIpc) is 2.67. The summed E-state index contributed by atoms with van der Waals surface area (Å²) in [7, 11) is 0. The standard InChI is InChI=1S/C23H19BrSi/c1-2-17-25(24,22-15-7-11-18-9-3-5-13-20(18)22)23-16-8-12-19-10-4-6-14-21(19)23/h2-16H,1,17H2. The maximum Gasteiger partial charge on any atom is 0.195 e. The molecule has 0 bridgehead atoms. The number of hydrogen-bond acceptors (Lipinski definition) is 0. The molecule has 0 nitrogen and oxygen atoms in total. The number of fused-ring (bicyclic) bond motifs is 2. The Hall–Kier alpha value is -2.16. The fourth-order valence-electron chi connectivity index (χ4n) is 3.71. The summed E-state index contributed by atoms with van der Waals surface area (Å²) in [4.78, 5) is 0. The minimum atomic E-state index is -2.14. The lowest BCUT2D eigenvalue weighted by Gasteiger charge is -2.28. The van der Waals surface area contributed by atoms with Gasteiger partial charge < -0.3 is 0 Å². The molecule has 0 saturated heterocycles. The Morgan fingerprint density at radius 3 is 1.60 bits per heavy atom. The molecule has 0 heterocycles. The van der Waals surface area contributed by atoms with E-state index in [-0.39, 0.29) is 0 Å². The highest BCUT2D eigenvalue weighted by Gasteiger charge is 2.36. The molecule has 4 aromatic rings. The quantitative estimate of drug-likeness (QED) is 0.235. The van der Waals surface area contributed by atoms with Crippen LogP contribution < -0.4 is 10.4 Å². The van der Waals surface area contributed by atoms with E-state index in [0.29, 0.717) is 0 Å². The zero-order valence-electron chi connectivity index (χ0n) is 14.0. The van der Waals surface area contributed by atoms with E-state index < -0.39 is 6.69 Å². The van der Waals surface area contributed by atoms with Gasteiger partial charge in [-0.05, 0) is 38.0 Å². The van der Waals surface area contributed by atoms with Crippen molar-refractivity contribution in [1.29, 1.82) is 0 Å². The van der Waals surface area contributed by atoms with E-state index in [1.54, 1.807) is 0 Å². The zero-order chi connectivity index (χ0) is 17.3. The summed E-state index contributed by atoms with van der Waals surface area (Å²) in [6, 6.07) is 31.6. The maximum absolute atomic E-state index is 4.27. The van der Waals surface area contributed by atoms with Crippen LogP contribution in [0.15, 0.2) is 97.6 Å². The first-order chi connectivity index (χ1) is 12.2. The van der Waals surface area contributed by atoms with Crippen LogP contribution >= 0.6 is 15.3 Å². The van der Waals surface area contributed by atoms with Gasteiger partial charge in [0, 0.05) is 0 Å². The molecule has 0 aliphatic carbocycles. The molecule has 0 atom stereocenters. The van der Waals surface area contributed by atoms with Crippen molar-refractivity contribution in [1.82, 2.24) is 0 Å². The number of rotatable bonds is 4. The molecule has 0 spiro atoms. The minimum absolute atomic E-state index is 0.953. The predicted octanol–water partition coefficient (Wildman–Crippen LogP) is 5.63. The van der Waals surface area contributed by atoms with Gasteiger partial charge in [0.2, 0.25) is 0 Å². The third-order valence-corrected chi connectivity index (χ3v) is 11.8. The molecule has 0 unspecified atom stereocenters. The first kappa shape index (κ1) is 16.3. The lowest BCUT2D eigenvalue weighted by molar-refractivity contribution is 1.65. The fourth-order valence-corrected chi connectivity index (χ4v) is 9.62. The molecule has 0 saturated carbocycles. The van der Waals surface area contributed by atoms with Gasteiger partial charge in [-0.1, -0.05) is 91.0 Å². The second-order valence-electron chi connectivity index (χ2n) is 6.35. The molecule has 2 heteroatoms. The molecular weight excluding hydrogens is 384 g/mol. The number of halogens is 1. The van der Waals surface area contributed by atoms with Crippen LogP contribution in [-0.2, 0) is 0 Å². The van der Waals surface area contributed by atoms with Crippen LogP contribution in [0.1, 0.15) is 0 Å². The van der Waals surface area contributed by atoms with E-state index >= 15 is 0 Å². The molecule has 0 radical (unpaired) electrons. The lowest BCUT2D eigenvalue weighted by Crippen LogP contribution is -2.53. The van der Waals surface area contributed by atoms with Gasteiger partial charge in [0.1, 0.15) is 0 Å². The van der Waals surface area contributed by atoms with Crippen molar-refractivity contribution in [2.45, 2.75) is 6.04 Å². The van der Waals surface area contributed by atoms with E-state index in [2.05, 4.69) is 113 Å². The van der Waals surface area contributed by atoms with E-state index in [1.807, 2.05) is 0 Å². The smallest absolute Gasteiger partial charge is 0.114 e. The number of hydrogen-bond donors (Lipinski definition) is 0. The predicted molar refractivity (Wildman–Crippen MR) is 117 cm³/mol. The first-order valence-corrected chi connectivity index (χ1v) is 13.0. The van der Waals surface area contributed by atoms with Gasteiger partial charge >= 0.3 is 0 Å². The second kappa shape index (κ2) is 6.62. The van der Waals surface area contributed by atoms with Gasteiger partial charge in [-0.15, -0.1) is 21.9 Å². The zero-order valence-corrected chi connectivity index (χ0v) is 16.5. The van der Waals surface area contributed by atoms with Crippen LogP contribution in [0.5, 0.6) is 0 Å². The van der Waals surface area contributed by atoms with Gasteiger partial charge in [-0.2, -0.15) is 0 Å². The SMILES string of the molecule is C=CC[Si](Br)(c1cccc2ccccc12)c1cccc2ccccc12. The van der Waals surface area contributed by atoms with E-state index in [4.69, 9.17) is 0 Å². The summed E-state index contributed by atoms with van der Waals surface area (Å²) in [5.74, 6) is 0. The summed E-state index contributed by atoms with van der Waals surface area (Å²) in [6.45, 7) is 1.93. The molecule has 0 aliphatic heterocycles. The van der Waals surface area contributed by atoms with E-state index in [9.17, 15) is 0 Å². The molecule has 0 fully saturated rings. The van der Waals surface area contributed by atoms with Crippen molar-refractivity contribution in [3.8, 4) is 0 Å². The van der Waals surface area contributed by atoms with Gasteiger partial charge in [0.05, 0.1) is 0 Å². The van der Waals surface area contributed by atoms with Gasteiger partial charge in [0.25, 0.3) is 0 Å². The largest absolute Gasteiger partial charge is 0.195 e. The third kappa shape index (κ3) is 2.76. The normalized spacial score (nSPS) is 11.7. The molecule has 0 aromatic heterocycles. The number of benzene rings is 4. The van der Waals surface area contributed by atoms with E-state index in [0.717, 1.165) is 6.04 Å². The molecule has 0 aliphatic rings. The van der Waals surface area contributed by atoms with Crippen molar-refractivity contribution in [3.63, 3.8) is 0 Å². The Kier molecular flexibility index (Phi) is 4.32. The summed E-state index contributed by atoms with van der Waals surface area (Å²) < 4.78 is 0. The summed E-state index contributed by atoms with van der Waals surface area (Å²) in [5, 5.41) is 8.09. The topological polar surface area (TPSA) is 0 Å². The van der Waals surface area contributed by atoms with Crippen LogP contribution in [0.2, 0.25) is 6.04 Å². The monoisotopic (exact) mass is 402 g/mol. The van der Waals surface area contributed by atoms with E-state index in [1.165, 1.54) is 31.9 Å². The van der Waals surface area contributed by atoms with Crippen molar-refractivity contribution in [3.05, 3.63) is 97.6 Å². The van der Waals surface area contributed by atoms with Crippen LogP contribution in [0, 0.1) is 0 Å². The Bertz CT molecular complexity index is 978. The van der Waals surface area contributed by atoms with Crippen molar-refractivity contribution < 1.29 is 0 Å². The fraction of sp³-hybridized carbons (Fsp3) is 0.0435. The Balaban J connectivity index is 2.06. The first-order valence-electron chi connectivity index (χ1n) is 8.50. The van der Waals surface area contributed by atoms with Gasteiger partial charge in [-0.25, -0.2) is 0 Å². The minimum Gasteiger partial charge on any atom is -0.114 e. The molecule has 4 aromatic carbocycles. The highest BCUT2D eigenvalue weighted by molar-refractivity contribution is 9.27. The Labute approximate surface area is 157 Å². The Morgan fingerprint density at radius 1 is 0.680 bits per heavy atom. The highest BCUT2D eigenvalue weighted by Crippen LogP contribution is 2.26. The molecule has 0 amide bonds. The van der Waals surface area contributed by atoms with Crippen LogP contribution in [0.3, 0.4) is 0 Å². The van der Waals surface area contributed by atoms with Crippen molar-refractivity contribution in [2.75, 3.05) is 0 Å². The molecular formula is C23H19BrSi. The average molecular weight is 403 g/mol. The summed E-state index contributed by atoms with van der Waals surface area (Å²) in [5.41, 5.74) is 0. The highest BCUT2D eigenvalue weighted by atomic mass is 79.9. The van der Waals surface area contributed by atoms with Crippen molar-refractivity contribution >= 4 is 53.9 Å². The Morgan fingerprint density at radius 2 is 1.12 bits per heavy atom. The summed E-state index contributed by atoms with van der Waals surface area (Å²) >= 11 is 4.27. The number of allylic oxidation sites excluding steroid dienone is 1. The second-order valence-corrected chi connectivity index (χ2v) is 13.5. The van der Waals surface area contributed by atoms with Gasteiger partial charge in [0.15, 0.2) is 6.69 Å². The van der Waals surface area contributed by atoms with Gasteiger partial charge in [-0.3, -0.25) is 0 Å². The van der Waals surface area contributed by atoms with Crippen molar-refractivity contribution in [2.24, 2.45) is 0 Å². The molecule has 0 N–H and O–H groups in total. The molecule has 122 valence electrons. The molecule has 25 heavy (non-hydrogen) atoms. The van der Waals surface area contributed by atoms with Crippen LogP contribution in [0.4, 0.5) is 0 Å². The van der Waals surface area contributed by atoms with Crippen LogP contribution in [-0.4, -0.2) is 6.69 Å². The van der Waals surface area contributed by atoms with Crippen LogP contribution in [0.25, 0.3) is 21.5 Å². The third-order valence-electron chi connectivity index (χ3n) is 4.86. The maximum atomic E-state index is 4.27.